The lowest BCUT2D eigenvalue weighted by Gasteiger charge is -2.27. The maximum absolute atomic E-state index is 5.89. The second kappa shape index (κ2) is 2.74. The van der Waals surface area contributed by atoms with Crippen molar-refractivity contribution in [2.45, 2.75) is 12.5 Å². The molecule has 2 nitrogen and oxygen atoms in total. The molecular formula is C11H13NO. The Morgan fingerprint density at radius 2 is 2.15 bits per heavy atom. The molecule has 2 heterocycles. The van der Waals surface area contributed by atoms with E-state index in [1.54, 1.807) is 0 Å². The van der Waals surface area contributed by atoms with Crippen LogP contribution < -0.4 is 10.1 Å². The standard InChI is InChI=1S/C11H13NO/c1-2-4-10-8(3-1)5-9-6-12-7-11(9)13-10/h1-4,9,11-12H,5-7H2/t9-,11-/m1/s1. The van der Waals surface area contributed by atoms with Crippen molar-refractivity contribution in [3.05, 3.63) is 29.8 Å². The zero-order chi connectivity index (χ0) is 8.67. The second-order valence-electron chi connectivity index (χ2n) is 3.89. The molecule has 2 aliphatic heterocycles. The van der Waals surface area contributed by atoms with E-state index < -0.39 is 0 Å². The quantitative estimate of drug-likeness (QED) is 0.640. The van der Waals surface area contributed by atoms with Crippen LogP contribution >= 0.6 is 0 Å². The molecular weight excluding hydrogens is 162 g/mol. The third-order valence-electron chi connectivity index (χ3n) is 3.01. The van der Waals surface area contributed by atoms with Crippen LogP contribution in [0.15, 0.2) is 24.3 Å². The van der Waals surface area contributed by atoms with Gasteiger partial charge in [0.1, 0.15) is 11.9 Å². The van der Waals surface area contributed by atoms with Gasteiger partial charge in [-0.25, -0.2) is 0 Å². The Morgan fingerprint density at radius 3 is 3.15 bits per heavy atom. The van der Waals surface area contributed by atoms with E-state index in [0.717, 1.165) is 18.8 Å². The van der Waals surface area contributed by atoms with E-state index in [1.165, 1.54) is 12.0 Å². The third-order valence-corrected chi connectivity index (χ3v) is 3.01. The summed E-state index contributed by atoms with van der Waals surface area (Å²) in [4.78, 5) is 0. The molecule has 68 valence electrons. The zero-order valence-electron chi connectivity index (χ0n) is 7.49. The number of para-hydroxylation sites is 1. The molecule has 0 unspecified atom stereocenters. The van der Waals surface area contributed by atoms with Gasteiger partial charge < -0.3 is 10.1 Å². The summed E-state index contributed by atoms with van der Waals surface area (Å²) >= 11 is 0. The number of ether oxygens (including phenoxy) is 1. The minimum atomic E-state index is 0.412. The molecule has 0 saturated carbocycles. The van der Waals surface area contributed by atoms with Gasteiger partial charge in [-0.15, -0.1) is 0 Å². The van der Waals surface area contributed by atoms with Crippen LogP contribution in [0.1, 0.15) is 5.56 Å². The van der Waals surface area contributed by atoms with Crippen LogP contribution in [0.25, 0.3) is 0 Å². The Kier molecular flexibility index (Phi) is 1.56. The largest absolute Gasteiger partial charge is 0.488 e. The molecule has 0 bridgehead atoms. The fourth-order valence-corrected chi connectivity index (χ4v) is 2.28. The van der Waals surface area contributed by atoms with Crippen molar-refractivity contribution in [1.82, 2.24) is 5.32 Å². The summed E-state index contributed by atoms with van der Waals surface area (Å²) < 4.78 is 5.89. The van der Waals surface area contributed by atoms with E-state index in [0.29, 0.717) is 12.0 Å². The van der Waals surface area contributed by atoms with Crippen molar-refractivity contribution in [2.75, 3.05) is 13.1 Å². The van der Waals surface area contributed by atoms with Crippen LogP contribution in [0.5, 0.6) is 5.75 Å². The summed E-state index contributed by atoms with van der Waals surface area (Å²) in [6.07, 6.45) is 1.59. The summed E-state index contributed by atoms with van der Waals surface area (Å²) in [5, 5.41) is 3.37. The zero-order valence-corrected chi connectivity index (χ0v) is 7.49. The van der Waals surface area contributed by atoms with Gasteiger partial charge in [-0.05, 0) is 18.1 Å². The highest BCUT2D eigenvalue weighted by atomic mass is 16.5. The van der Waals surface area contributed by atoms with Crippen LogP contribution in [0.4, 0.5) is 0 Å². The highest BCUT2D eigenvalue weighted by Gasteiger charge is 2.33. The van der Waals surface area contributed by atoms with Crippen LogP contribution in [-0.2, 0) is 6.42 Å². The monoisotopic (exact) mass is 175 g/mol. The summed E-state index contributed by atoms with van der Waals surface area (Å²) in [7, 11) is 0. The first kappa shape index (κ1) is 7.39. The number of nitrogens with one attached hydrogen (secondary N) is 1. The molecule has 1 fully saturated rings. The molecule has 2 atom stereocenters. The molecule has 0 aliphatic carbocycles. The molecule has 2 aliphatic rings. The summed E-state index contributed by atoms with van der Waals surface area (Å²) in [5.41, 5.74) is 1.37. The molecule has 0 radical (unpaired) electrons. The van der Waals surface area contributed by atoms with Gasteiger partial charge in [0, 0.05) is 19.0 Å². The highest BCUT2D eigenvalue weighted by molar-refractivity contribution is 5.36. The van der Waals surface area contributed by atoms with Crippen molar-refractivity contribution in [3.8, 4) is 5.75 Å². The van der Waals surface area contributed by atoms with Gasteiger partial charge in [-0.2, -0.15) is 0 Å². The molecule has 0 aromatic heterocycles. The fraction of sp³-hybridized carbons (Fsp3) is 0.455. The van der Waals surface area contributed by atoms with Gasteiger partial charge in [0.25, 0.3) is 0 Å². The van der Waals surface area contributed by atoms with Crippen molar-refractivity contribution in [1.29, 1.82) is 0 Å². The molecule has 3 rings (SSSR count). The van der Waals surface area contributed by atoms with Crippen LogP contribution in [-0.4, -0.2) is 19.2 Å². The van der Waals surface area contributed by atoms with E-state index in [1.807, 2.05) is 6.07 Å². The fourth-order valence-electron chi connectivity index (χ4n) is 2.28. The molecule has 1 saturated heterocycles. The smallest absolute Gasteiger partial charge is 0.123 e. The second-order valence-corrected chi connectivity index (χ2v) is 3.89. The van der Waals surface area contributed by atoms with Gasteiger partial charge in [0.2, 0.25) is 0 Å². The van der Waals surface area contributed by atoms with Gasteiger partial charge in [-0.1, -0.05) is 18.2 Å². The lowest BCUT2D eigenvalue weighted by molar-refractivity contribution is 0.153. The highest BCUT2D eigenvalue weighted by Crippen LogP contribution is 2.31. The normalized spacial score (nSPS) is 30.5. The van der Waals surface area contributed by atoms with Gasteiger partial charge in [0.15, 0.2) is 0 Å². The first-order valence-electron chi connectivity index (χ1n) is 4.89. The first-order valence-corrected chi connectivity index (χ1v) is 4.89. The molecule has 2 heteroatoms. The van der Waals surface area contributed by atoms with Crippen LogP contribution in [0.2, 0.25) is 0 Å². The van der Waals surface area contributed by atoms with E-state index in [4.69, 9.17) is 4.74 Å². The van der Waals surface area contributed by atoms with E-state index in [2.05, 4.69) is 23.5 Å². The third kappa shape index (κ3) is 1.13. The number of rotatable bonds is 0. The van der Waals surface area contributed by atoms with Crippen molar-refractivity contribution < 1.29 is 4.74 Å². The number of benzene rings is 1. The molecule has 1 aromatic carbocycles. The summed E-state index contributed by atoms with van der Waals surface area (Å²) in [6, 6.07) is 8.38. The molecule has 0 amide bonds. The average Bonchev–Trinajstić information content (AvgIpc) is 2.61. The van der Waals surface area contributed by atoms with Gasteiger partial charge >= 0.3 is 0 Å². The average molecular weight is 175 g/mol. The lowest BCUT2D eigenvalue weighted by Crippen LogP contribution is -2.31. The van der Waals surface area contributed by atoms with E-state index in [-0.39, 0.29) is 0 Å². The number of hydrogen-bond acceptors (Lipinski definition) is 2. The van der Waals surface area contributed by atoms with Crippen LogP contribution in [0, 0.1) is 5.92 Å². The van der Waals surface area contributed by atoms with E-state index in [9.17, 15) is 0 Å². The maximum Gasteiger partial charge on any atom is 0.123 e. The lowest BCUT2D eigenvalue weighted by atomic mass is 9.93. The molecule has 13 heavy (non-hydrogen) atoms. The van der Waals surface area contributed by atoms with Gasteiger partial charge in [0.05, 0.1) is 0 Å². The van der Waals surface area contributed by atoms with Gasteiger partial charge in [-0.3, -0.25) is 0 Å². The maximum atomic E-state index is 5.89. The Hall–Kier alpha value is -1.02. The predicted octanol–water partition coefficient (Wildman–Crippen LogP) is 1.21. The van der Waals surface area contributed by atoms with Crippen molar-refractivity contribution in [2.24, 2.45) is 5.92 Å². The molecule has 0 spiro atoms. The Bertz CT molecular complexity index is 293. The number of hydrogen-bond donors (Lipinski definition) is 1. The molecule has 1 N–H and O–H groups in total. The first-order chi connectivity index (χ1) is 6.43. The topological polar surface area (TPSA) is 21.3 Å². The Labute approximate surface area is 77.9 Å². The van der Waals surface area contributed by atoms with Crippen molar-refractivity contribution >= 4 is 0 Å². The summed E-state index contributed by atoms with van der Waals surface area (Å²) in [5.74, 6) is 1.78. The van der Waals surface area contributed by atoms with E-state index >= 15 is 0 Å². The number of fused-ring (bicyclic) bond motifs is 2. The van der Waals surface area contributed by atoms with Crippen molar-refractivity contribution in [3.63, 3.8) is 0 Å². The Balaban J connectivity index is 1.97. The predicted molar refractivity (Wildman–Crippen MR) is 50.9 cm³/mol. The Morgan fingerprint density at radius 1 is 1.23 bits per heavy atom. The SMILES string of the molecule is c1ccc2c(c1)C[C@@H]1CNC[C@H]1O2. The van der Waals surface area contributed by atoms with Crippen LogP contribution in [0.3, 0.4) is 0 Å². The molecule has 1 aromatic rings. The minimum Gasteiger partial charge on any atom is -0.488 e. The minimum absolute atomic E-state index is 0.412. The summed E-state index contributed by atoms with van der Waals surface area (Å²) in [6.45, 7) is 2.12.